The molecule has 4 rings (SSSR count). The van der Waals surface area contributed by atoms with Crippen molar-refractivity contribution in [3.8, 4) is 0 Å². The molecule has 1 amide bonds. The van der Waals surface area contributed by atoms with Gasteiger partial charge in [0.2, 0.25) is 0 Å². The number of hydrogen-bond acceptors (Lipinski definition) is 8. The summed E-state index contributed by atoms with van der Waals surface area (Å²) in [6, 6.07) is 1.53. The predicted molar refractivity (Wildman–Crippen MR) is 124 cm³/mol. The number of aromatic nitrogens is 5. The van der Waals surface area contributed by atoms with Crippen LogP contribution in [0.4, 0.5) is 15.0 Å². The number of anilines is 1. The summed E-state index contributed by atoms with van der Waals surface area (Å²) in [7, 11) is 0. The number of carbonyl (C=O) groups is 1. The monoisotopic (exact) mass is 493 g/mol. The van der Waals surface area contributed by atoms with Gasteiger partial charge in [-0.3, -0.25) is 5.10 Å². The highest BCUT2D eigenvalue weighted by atomic mass is 35.5. The van der Waals surface area contributed by atoms with Crippen molar-refractivity contribution < 1.29 is 13.9 Å². The molecule has 1 fully saturated rings. The lowest BCUT2D eigenvalue weighted by molar-refractivity contribution is 0.0448. The zero-order valence-electron chi connectivity index (χ0n) is 18.8. The lowest BCUT2D eigenvalue weighted by atomic mass is 9.90. The molecule has 33 heavy (non-hydrogen) atoms. The number of nitrogens with one attached hydrogen (secondary N) is 2. The summed E-state index contributed by atoms with van der Waals surface area (Å²) >= 11 is 6.87. The third-order valence-electron chi connectivity index (χ3n) is 5.24. The van der Waals surface area contributed by atoms with Crippen molar-refractivity contribution in [2.45, 2.75) is 61.6 Å². The second-order valence-electron chi connectivity index (χ2n) is 9.14. The maximum absolute atomic E-state index is 14.2. The van der Waals surface area contributed by atoms with Gasteiger partial charge in [0.15, 0.2) is 21.6 Å². The molecule has 0 bridgehead atoms. The van der Waals surface area contributed by atoms with Gasteiger partial charge in [-0.1, -0.05) is 23.4 Å². The summed E-state index contributed by atoms with van der Waals surface area (Å²) in [5.74, 6) is 0.112. The predicted octanol–water partition coefficient (Wildman–Crippen LogP) is 4.58. The number of nitrogens with zero attached hydrogens (tertiary/aromatic N) is 5. The number of ether oxygens (including phenoxy) is 1. The SMILES string of the molecule is CC1(NC(=O)OC(C)(C)C)CCN(c2cnc3c(Sc4ccnc(Cl)c4F)n[nH]c3n2)CC1. The minimum absolute atomic E-state index is 0.188. The number of piperidine rings is 1. The van der Waals surface area contributed by atoms with Gasteiger partial charge < -0.3 is 15.0 Å². The van der Waals surface area contributed by atoms with Crippen LogP contribution in [0, 0.1) is 5.82 Å². The smallest absolute Gasteiger partial charge is 0.408 e. The molecule has 176 valence electrons. The van der Waals surface area contributed by atoms with E-state index in [-0.39, 0.29) is 10.7 Å². The molecule has 9 nitrogen and oxygen atoms in total. The number of fused-ring (bicyclic) bond motifs is 1. The summed E-state index contributed by atoms with van der Waals surface area (Å²) in [6.45, 7) is 8.94. The van der Waals surface area contributed by atoms with Crippen LogP contribution in [0.15, 0.2) is 28.4 Å². The van der Waals surface area contributed by atoms with Crippen LogP contribution in [0.1, 0.15) is 40.5 Å². The zero-order chi connectivity index (χ0) is 23.8. The van der Waals surface area contributed by atoms with E-state index in [9.17, 15) is 9.18 Å². The van der Waals surface area contributed by atoms with E-state index in [1.54, 1.807) is 6.20 Å². The largest absolute Gasteiger partial charge is 0.444 e. The van der Waals surface area contributed by atoms with Crippen molar-refractivity contribution in [3.05, 3.63) is 29.4 Å². The summed E-state index contributed by atoms with van der Waals surface area (Å²) < 4.78 is 19.6. The first-order valence-electron chi connectivity index (χ1n) is 10.5. The van der Waals surface area contributed by atoms with Crippen LogP contribution >= 0.6 is 23.4 Å². The Labute approximate surface area is 199 Å². The molecule has 1 aliphatic rings. The van der Waals surface area contributed by atoms with Gasteiger partial charge in [-0.15, -0.1) is 0 Å². The van der Waals surface area contributed by atoms with E-state index in [0.29, 0.717) is 40.0 Å². The van der Waals surface area contributed by atoms with Crippen molar-refractivity contribution in [3.63, 3.8) is 0 Å². The molecule has 4 heterocycles. The molecular weight excluding hydrogens is 469 g/mol. The number of pyridine rings is 1. The molecule has 12 heteroatoms. The highest BCUT2D eigenvalue weighted by Crippen LogP contribution is 2.34. The normalized spacial score (nSPS) is 16.1. The number of hydrogen-bond donors (Lipinski definition) is 2. The fourth-order valence-corrected chi connectivity index (χ4v) is 4.56. The lowest BCUT2D eigenvalue weighted by Crippen LogP contribution is -2.54. The van der Waals surface area contributed by atoms with Crippen LogP contribution in [0.2, 0.25) is 5.15 Å². The fraction of sp³-hybridized carbons (Fsp3) is 0.476. The summed E-state index contributed by atoms with van der Waals surface area (Å²) in [5, 5.41) is 10.4. The lowest BCUT2D eigenvalue weighted by Gasteiger charge is -2.40. The van der Waals surface area contributed by atoms with Gasteiger partial charge in [0, 0.05) is 24.8 Å². The molecule has 0 unspecified atom stereocenters. The van der Waals surface area contributed by atoms with Crippen molar-refractivity contribution >= 4 is 46.4 Å². The average molecular weight is 494 g/mol. The first-order valence-corrected chi connectivity index (χ1v) is 11.7. The second-order valence-corrected chi connectivity index (χ2v) is 10.5. The molecule has 2 N–H and O–H groups in total. The van der Waals surface area contributed by atoms with E-state index in [1.165, 1.54) is 12.3 Å². The Morgan fingerprint density at radius 3 is 2.76 bits per heavy atom. The Kier molecular flexibility index (Phi) is 6.37. The van der Waals surface area contributed by atoms with E-state index < -0.39 is 17.5 Å². The van der Waals surface area contributed by atoms with Crippen LogP contribution in [-0.4, -0.2) is 55.5 Å². The van der Waals surface area contributed by atoms with Crippen molar-refractivity contribution in [2.75, 3.05) is 18.0 Å². The number of rotatable bonds is 4. The number of aromatic amines is 1. The highest BCUT2D eigenvalue weighted by molar-refractivity contribution is 7.99. The molecular formula is C21H25ClFN7O2S. The number of amides is 1. The number of halogens is 2. The molecule has 0 atom stereocenters. The molecule has 3 aromatic heterocycles. The quantitative estimate of drug-likeness (QED) is 0.508. The van der Waals surface area contributed by atoms with E-state index in [1.807, 2.05) is 27.7 Å². The Bertz CT molecular complexity index is 1180. The molecule has 0 spiro atoms. The van der Waals surface area contributed by atoms with Crippen LogP contribution < -0.4 is 10.2 Å². The first-order chi connectivity index (χ1) is 15.5. The van der Waals surface area contributed by atoms with E-state index >= 15 is 0 Å². The maximum Gasteiger partial charge on any atom is 0.408 e. The van der Waals surface area contributed by atoms with Gasteiger partial charge in [0.25, 0.3) is 0 Å². The van der Waals surface area contributed by atoms with Crippen LogP contribution in [0.25, 0.3) is 11.2 Å². The van der Waals surface area contributed by atoms with Gasteiger partial charge >= 0.3 is 6.09 Å². The van der Waals surface area contributed by atoms with Gasteiger partial charge in [-0.05, 0) is 46.6 Å². The summed E-state index contributed by atoms with van der Waals surface area (Å²) in [5.41, 5.74) is 0.160. The van der Waals surface area contributed by atoms with Crippen LogP contribution in [0.5, 0.6) is 0 Å². The van der Waals surface area contributed by atoms with Crippen molar-refractivity contribution in [1.82, 2.24) is 30.5 Å². The van der Waals surface area contributed by atoms with Crippen molar-refractivity contribution in [1.29, 1.82) is 0 Å². The van der Waals surface area contributed by atoms with E-state index in [2.05, 4.69) is 35.4 Å². The first kappa shape index (κ1) is 23.5. The van der Waals surface area contributed by atoms with Gasteiger partial charge in [-0.25, -0.2) is 24.1 Å². The minimum atomic E-state index is -0.596. The van der Waals surface area contributed by atoms with Crippen molar-refractivity contribution in [2.24, 2.45) is 0 Å². The molecule has 0 aliphatic carbocycles. The molecule has 1 aliphatic heterocycles. The second kappa shape index (κ2) is 8.94. The average Bonchev–Trinajstić information content (AvgIpc) is 3.12. The Balaban J connectivity index is 1.43. The zero-order valence-corrected chi connectivity index (χ0v) is 20.3. The summed E-state index contributed by atoms with van der Waals surface area (Å²) in [4.78, 5) is 27.5. The number of H-pyrrole nitrogens is 1. The molecule has 1 saturated heterocycles. The third kappa shape index (κ3) is 5.47. The Morgan fingerprint density at radius 1 is 1.33 bits per heavy atom. The number of carbonyl (C=O) groups excluding carboxylic acids is 1. The van der Waals surface area contributed by atoms with Crippen LogP contribution in [-0.2, 0) is 4.74 Å². The van der Waals surface area contributed by atoms with Gasteiger partial charge in [-0.2, -0.15) is 5.10 Å². The maximum atomic E-state index is 14.2. The number of alkyl carbamates (subject to hydrolysis) is 1. The molecule has 0 aromatic carbocycles. The Morgan fingerprint density at radius 2 is 2.06 bits per heavy atom. The fourth-order valence-electron chi connectivity index (χ4n) is 3.48. The van der Waals surface area contributed by atoms with E-state index in [0.717, 1.165) is 24.6 Å². The third-order valence-corrected chi connectivity index (χ3v) is 6.51. The van der Waals surface area contributed by atoms with Gasteiger partial charge in [0.1, 0.15) is 16.9 Å². The molecule has 0 radical (unpaired) electrons. The Hall–Kier alpha value is -2.66. The molecule has 3 aromatic rings. The van der Waals surface area contributed by atoms with Crippen LogP contribution in [0.3, 0.4) is 0 Å². The molecule has 0 saturated carbocycles. The highest BCUT2D eigenvalue weighted by Gasteiger charge is 2.33. The standard InChI is InChI=1S/C21H25ClFN7O2S/c1-20(2,3)32-19(31)27-21(4)6-9-30(10-7-21)13-11-25-15-17(26-13)28-29-18(15)33-12-5-8-24-16(22)14(12)23/h5,8,11H,6-7,9-10H2,1-4H3,(H,27,31)(H,26,28,29). The minimum Gasteiger partial charge on any atom is -0.444 e. The van der Waals surface area contributed by atoms with E-state index in [4.69, 9.17) is 16.3 Å². The topological polar surface area (TPSA) is 109 Å². The van der Waals surface area contributed by atoms with Gasteiger partial charge in [0.05, 0.1) is 11.1 Å². The summed E-state index contributed by atoms with van der Waals surface area (Å²) in [6.07, 6.45) is 4.18.